The minimum atomic E-state index is -0.580. The van der Waals surface area contributed by atoms with Crippen LogP contribution in [0.25, 0.3) is 11.1 Å². The fourth-order valence-electron chi connectivity index (χ4n) is 1.80. The monoisotopic (exact) mass is 351 g/mol. The predicted molar refractivity (Wildman–Crippen MR) is 97.6 cm³/mol. The SMILES string of the molecule is C=C(NSc1cccc(-c2ccc(F)cc2F)c1)C(C)(C)CS. The molecule has 0 radical (unpaired) electrons. The van der Waals surface area contributed by atoms with Gasteiger partial charge in [-0.3, -0.25) is 0 Å². The molecule has 0 aliphatic heterocycles. The van der Waals surface area contributed by atoms with E-state index in [-0.39, 0.29) is 5.41 Å². The summed E-state index contributed by atoms with van der Waals surface area (Å²) in [7, 11) is 0. The van der Waals surface area contributed by atoms with Crippen LogP contribution in [0.5, 0.6) is 0 Å². The lowest BCUT2D eigenvalue weighted by atomic mass is 9.93. The second-order valence-corrected chi connectivity index (χ2v) is 7.07. The molecule has 2 rings (SSSR count). The van der Waals surface area contributed by atoms with Crippen molar-refractivity contribution in [3.05, 3.63) is 66.4 Å². The van der Waals surface area contributed by atoms with Crippen molar-refractivity contribution in [2.75, 3.05) is 5.75 Å². The summed E-state index contributed by atoms with van der Waals surface area (Å²) < 4.78 is 30.1. The van der Waals surface area contributed by atoms with E-state index in [2.05, 4.69) is 37.8 Å². The summed E-state index contributed by atoms with van der Waals surface area (Å²) in [5, 5.41) is 0. The summed E-state index contributed by atoms with van der Waals surface area (Å²) in [5.74, 6) is -0.468. The molecule has 0 aliphatic carbocycles. The van der Waals surface area contributed by atoms with Crippen molar-refractivity contribution >= 4 is 24.6 Å². The van der Waals surface area contributed by atoms with Crippen LogP contribution in [0, 0.1) is 17.0 Å². The van der Waals surface area contributed by atoms with Gasteiger partial charge in [0.15, 0.2) is 0 Å². The van der Waals surface area contributed by atoms with Crippen LogP contribution in [0.3, 0.4) is 0 Å². The summed E-state index contributed by atoms with van der Waals surface area (Å²) >= 11 is 5.73. The number of halogens is 2. The summed E-state index contributed by atoms with van der Waals surface area (Å²) in [6.07, 6.45) is 0. The van der Waals surface area contributed by atoms with Gasteiger partial charge >= 0.3 is 0 Å². The molecular formula is C18H19F2NS2. The zero-order valence-electron chi connectivity index (χ0n) is 13.1. The summed E-state index contributed by atoms with van der Waals surface area (Å²) in [6, 6.07) is 11.0. The van der Waals surface area contributed by atoms with Crippen LogP contribution < -0.4 is 4.72 Å². The number of rotatable bonds is 6. The Bertz CT molecular complexity index is 714. The molecule has 0 saturated heterocycles. The number of hydrogen-bond donors (Lipinski definition) is 2. The molecule has 23 heavy (non-hydrogen) atoms. The molecule has 1 nitrogen and oxygen atoms in total. The zero-order valence-corrected chi connectivity index (χ0v) is 14.8. The van der Waals surface area contributed by atoms with Crippen molar-refractivity contribution in [1.82, 2.24) is 4.72 Å². The molecule has 5 heteroatoms. The van der Waals surface area contributed by atoms with E-state index in [1.165, 1.54) is 24.1 Å². The molecule has 0 amide bonds. The van der Waals surface area contributed by atoms with Crippen molar-refractivity contribution in [2.45, 2.75) is 18.7 Å². The van der Waals surface area contributed by atoms with Crippen LogP contribution in [-0.2, 0) is 0 Å². The van der Waals surface area contributed by atoms with Gasteiger partial charge in [-0.05, 0) is 41.8 Å². The third-order valence-corrected chi connectivity index (χ3v) is 5.21. The lowest BCUT2D eigenvalue weighted by Gasteiger charge is -2.25. The van der Waals surface area contributed by atoms with E-state index in [4.69, 9.17) is 0 Å². The number of allylic oxidation sites excluding steroid dienone is 1. The lowest BCUT2D eigenvalue weighted by Crippen LogP contribution is -2.23. The quantitative estimate of drug-likeness (QED) is 0.511. The topological polar surface area (TPSA) is 12.0 Å². The van der Waals surface area contributed by atoms with Crippen molar-refractivity contribution in [3.63, 3.8) is 0 Å². The average molecular weight is 351 g/mol. The first-order valence-electron chi connectivity index (χ1n) is 7.12. The smallest absolute Gasteiger partial charge is 0.133 e. The molecule has 0 heterocycles. The fourth-order valence-corrected chi connectivity index (χ4v) is 2.85. The molecule has 2 aromatic carbocycles. The second-order valence-electron chi connectivity index (χ2n) is 5.88. The first-order chi connectivity index (χ1) is 10.8. The molecule has 0 aromatic heterocycles. The Kier molecular flexibility index (Phi) is 5.76. The van der Waals surface area contributed by atoms with E-state index in [1.807, 2.05) is 18.2 Å². The molecule has 0 atom stereocenters. The Morgan fingerprint density at radius 3 is 2.61 bits per heavy atom. The van der Waals surface area contributed by atoms with E-state index in [9.17, 15) is 8.78 Å². The largest absolute Gasteiger partial charge is 0.329 e. The van der Waals surface area contributed by atoms with Gasteiger partial charge < -0.3 is 4.72 Å². The van der Waals surface area contributed by atoms with Gasteiger partial charge in [0.2, 0.25) is 0 Å². The van der Waals surface area contributed by atoms with Crippen LogP contribution >= 0.6 is 24.6 Å². The normalized spacial score (nSPS) is 11.3. The Morgan fingerprint density at radius 2 is 1.96 bits per heavy atom. The van der Waals surface area contributed by atoms with Crippen molar-refractivity contribution < 1.29 is 8.78 Å². The highest BCUT2D eigenvalue weighted by Gasteiger charge is 2.20. The number of benzene rings is 2. The molecule has 1 N–H and O–H groups in total. The highest BCUT2D eigenvalue weighted by molar-refractivity contribution is 7.97. The molecular weight excluding hydrogens is 332 g/mol. The average Bonchev–Trinajstić information content (AvgIpc) is 2.52. The third kappa shape index (κ3) is 4.52. The maximum absolute atomic E-state index is 13.9. The molecule has 0 spiro atoms. The van der Waals surface area contributed by atoms with E-state index in [1.54, 1.807) is 6.07 Å². The molecule has 0 aliphatic rings. The van der Waals surface area contributed by atoms with Gasteiger partial charge in [0.05, 0.1) is 0 Å². The first kappa shape index (κ1) is 17.9. The molecule has 0 fully saturated rings. The minimum Gasteiger partial charge on any atom is -0.329 e. The van der Waals surface area contributed by atoms with Crippen molar-refractivity contribution in [2.24, 2.45) is 5.41 Å². The van der Waals surface area contributed by atoms with Crippen LogP contribution in [0.2, 0.25) is 0 Å². The molecule has 0 unspecified atom stereocenters. The van der Waals surface area contributed by atoms with Gasteiger partial charge in [-0.25, -0.2) is 8.78 Å². The molecule has 0 bridgehead atoms. The summed E-state index contributed by atoms with van der Waals surface area (Å²) in [4.78, 5) is 0.919. The third-order valence-electron chi connectivity index (χ3n) is 3.58. The van der Waals surface area contributed by atoms with Gasteiger partial charge in [0.25, 0.3) is 0 Å². The highest BCUT2D eigenvalue weighted by atomic mass is 32.2. The van der Waals surface area contributed by atoms with Crippen molar-refractivity contribution in [3.8, 4) is 11.1 Å². The van der Waals surface area contributed by atoms with Crippen LogP contribution in [0.4, 0.5) is 8.78 Å². The minimum absolute atomic E-state index is 0.128. The van der Waals surface area contributed by atoms with E-state index < -0.39 is 11.6 Å². The van der Waals surface area contributed by atoms with Gasteiger partial charge in [-0.15, -0.1) is 0 Å². The predicted octanol–water partition coefficient (Wildman–Crippen LogP) is 5.70. The Hall–Kier alpha value is -1.46. The zero-order chi connectivity index (χ0) is 17.0. The maximum Gasteiger partial charge on any atom is 0.133 e. The fraction of sp³-hybridized carbons (Fsp3) is 0.222. The second kappa shape index (κ2) is 7.41. The van der Waals surface area contributed by atoms with E-state index >= 15 is 0 Å². The summed E-state index contributed by atoms with van der Waals surface area (Å²) in [5.41, 5.74) is 1.82. The Morgan fingerprint density at radius 1 is 1.22 bits per heavy atom. The lowest BCUT2D eigenvalue weighted by molar-refractivity contribution is 0.503. The van der Waals surface area contributed by atoms with Crippen LogP contribution in [0.1, 0.15) is 13.8 Å². The van der Waals surface area contributed by atoms with Gasteiger partial charge in [-0.1, -0.05) is 32.6 Å². The van der Waals surface area contributed by atoms with Crippen LogP contribution in [-0.4, -0.2) is 5.75 Å². The number of hydrogen-bond acceptors (Lipinski definition) is 3. The molecule has 122 valence electrons. The number of nitrogens with one attached hydrogen (secondary N) is 1. The van der Waals surface area contributed by atoms with E-state index in [0.29, 0.717) is 16.9 Å². The maximum atomic E-state index is 13.9. The highest BCUT2D eigenvalue weighted by Crippen LogP contribution is 2.30. The van der Waals surface area contributed by atoms with Gasteiger partial charge in [0, 0.05) is 33.4 Å². The Labute approximate surface area is 145 Å². The molecule has 2 aromatic rings. The first-order valence-corrected chi connectivity index (χ1v) is 8.57. The standard InChI is InChI=1S/C18H19F2NS2/c1-12(18(2,3)11-22)21-23-15-6-4-5-13(9-15)16-8-7-14(19)10-17(16)20/h4-10,21-22H,1,11H2,2-3H3. The van der Waals surface area contributed by atoms with Crippen LogP contribution in [0.15, 0.2) is 59.6 Å². The Balaban J connectivity index is 2.16. The summed E-state index contributed by atoms with van der Waals surface area (Å²) in [6.45, 7) is 8.15. The number of thiol groups is 1. The van der Waals surface area contributed by atoms with Gasteiger partial charge in [0.1, 0.15) is 11.6 Å². The van der Waals surface area contributed by atoms with E-state index in [0.717, 1.165) is 16.7 Å². The van der Waals surface area contributed by atoms with Gasteiger partial charge in [-0.2, -0.15) is 12.6 Å². The molecule has 0 saturated carbocycles. The van der Waals surface area contributed by atoms with Crippen molar-refractivity contribution in [1.29, 1.82) is 0 Å².